The number of benzene rings is 2. The van der Waals surface area contributed by atoms with E-state index >= 15 is 0 Å². The van der Waals surface area contributed by atoms with Crippen LogP contribution in [0.1, 0.15) is 16.7 Å². The van der Waals surface area contributed by atoms with Gasteiger partial charge in [0, 0.05) is 18.2 Å². The number of carbonyl (C=O) groups is 1. The second-order valence-electron chi connectivity index (χ2n) is 6.94. The summed E-state index contributed by atoms with van der Waals surface area (Å²) in [5.74, 6) is -0.796. The molecule has 0 radical (unpaired) electrons. The number of esters is 1. The lowest BCUT2D eigenvalue weighted by molar-refractivity contribution is -0.143. The van der Waals surface area contributed by atoms with Gasteiger partial charge in [-0.3, -0.25) is 4.79 Å². The Morgan fingerprint density at radius 2 is 2.07 bits per heavy atom. The monoisotopic (exact) mass is 380 g/mol. The van der Waals surface area contributed by atoms with Gasteiger partial charge in [0.1, 0.15) is 11.3 Å². The van der Waals surface area contributed by atoms with Crippen LogP contribution in [0.15, 0.2) is 53.1 Å². The minimum Gasteiger partial charge on any atom is -0.493 e. The van der Waals surface area contributed by atoms with Gasteiger partial charge < -0.3 is 23.9 Å². The molecule has 3 aromatic rings. The number of carbonyl (C=O) groups excluding carboxylic acids is 1. The Morgan fingerprint density at radius 3 is 2.93 bits per heavy atom. The lowest BCUT2D eigenvalue weighted by Gasteiger charge is -2.14. The zero-order valence-corrected chi connectivity index (χ0v) is 15.3. The molecule has 4 rings (SSSR count). The molecule has 0 aliphatic carbocycles. The summed E-state index contributed by atoms with van der Waals surface area (Å²) in [7, 11) is -1.81. The van der Waals surface area contributed by atoms with E-state index in [0.717, 1.165) is 28.7 Å². The maximum Gasteiger partial charge on any atom is 0.466 e. The molecule has 0 amide bonds. The Balaban J connectivity index is 1.37. The molecule has 0 spiro atoms. The highest BCUT2D eigenvalue weighted by Crippen LogP contribution is 2.27. The summed E-state index contributed by atoms with van der Waals surface area (Å²) >= 11 is 0. The van der Waals surface area contributed by atoms with Crippen molar-refractivity contribution in [2.45, 2.75) is 25.1 Å². The Bertz CT molecular complexity index is 980. The standard InChI is InChI=1S/C21H21BO6/c23-21(27-9-7-14-5-6-19-15(11-14)8-10-26-19)18(22(24)25)12-16-13-28-20-4-2-1-3-17(16)20/h1-6,11,13,18,24-25H,7-10,12H2. The number of rotatable bonds is 7. The third-order valence-electron chi connectivity index (χ3n) is 5.05. The number of hydrogen-bond acceptors (Lipinski definition) is 6. The maximum absolute atomic E-state index is 12.4. The Hall–Kier alpha value is -2.77. The summed E-state index contributed by atoms with van der Waals surface area (Å²) in [6.45, 7) is 0.875. The zero-order chi connectivity index (χ0) is 19.5. The van der Waals surface area contributed by atoms with Crippen LogP contribution in [0.2, 0.25) is 5.82 Å². The second-order valence-corrected chi connectivity index (χ2v) is 6.94. The number of furan rings is 1. The van der Waals surface area contributed by atoms with Crippen molar-refractivity contribution in [1.82, 2.24) is 0 Å². The lowest BCUT2D eigenvalue weighted by atomic mass is 9.69. The van der Waals surface area contributed by atoms with Crippen molar-refractivity contribution in [3.05, 3.63) is 65.4 Å². The first-order valence-corrected chi connectivity index (χ1v) is 9.34. The first kappa shape index (κ1) is 18.6. The van der Waals surface area contributed by atoms with E-state index in [2.05, 4.69) is 6.07 Å². The predicted molar refractivity (Wildman–Crippen MR) is 104 cm³/mol. The van der Waals surface area contributed by atoms with Crippen LogP contribution in [0.3, 0.4) is 0 Å². The summed E-state index contributed by atoms with van der Waals surface area (Å²) < 4.78 is 16.3. The van der Waals surface area contributed by atoms with E-state index in [1.807, 2.05) is 36.4 Å². The highest BCUT2D eigenvalue weighted by molar-refractivity contribution is 6.48. The summed E-state index contributed by atoms with van der Waals surface area (Å²) in [5, 5.41) is 20.2. The topological polar surface area (TPSA) is 89.1 Å². The normalized spacial score (nSPS) is 13.8. The van der Waals surface area contributed by atoms with Crippen LogP contribution in [0.4, 0.5) is 0 Å². The molecule has 2 N–H and O–H groups in total. The van der Waals surface area contributed by atoms with Gasteiger partial charge in [-0.25, -0.2) is 0 Å². The molecule has 6 nitrogen and oxygen atoms in total. The molecule has 1 atom stereocenters. The van der Waals surface area contributed by atoms with E-state index in [9.17, 15) is 14.8 Å². The molecule has 0 saturated carbocycles. The van der Waals surface area contributed by atoms with E-state index in [1.165, 1.54) is 5.56 Å². The molecular weight excluding hydrogens is 359 g/mol. The fraction of sp³-hybridized carbons (Fsp3) is 0.286. The highest BCUT2D eigenvalue weighted by atomic mass is 16.5. The van der Waals surface area contributed by atoms with Gasteiger partial charge in [0.2, 0.25) is 0 Å². The molecule has 0 saturated heterocycles. The fourth-order valence-corrected chi connectivity index (χ4v) is 3.51. The van der Waals surface area contributed by atoms with Crippen LogP contribution >= 0.6 is 0 Å². The zero-order valence-electron chi connectivity index (χ0n) is 15.3. The van der Waals surface area contributed by atoms with Crippen molar-refractivity contribution >= 4 is 24.1 Å². The van der Waals surface area contributed by atoms with Crippen molar-refractivity contribution in [3.8, 4) is 5.75 Å². The molecule has 28 heavy (non-hydrogen) atoms. The number of ether oxygens (including phenoxy) is 2. The van der Waals surface area contributed by atoms with Gasteiger partial charge in [0.15, 0.2) is 0 Å². The van der Waals surface area contributed by atoms with Crippen LogP contribution in [0.25, 0.3) is 11.0 Å². The molecule has 1 aliphatic rings. The molecular formula is C21H21BO6. The van der Waals surface area contributed by atoms with E-state index < -0.39 is 18.9 Å². The van der Waals surface area contributed by atoms with Crippen molar-refractivity contribution in [1.29, 1.82) is 0 Å². The van der Waals surface area contributed by atoms with Gasteiger partial charge in [0.05, 0.1) is 25.3 Å². The molecule has 2 heterocycles. The van der Waals surface area contributed by atoms with Crippen LogP contribution in [0, 0.1) is 0 Å². The molecule has 7 heteroatoms. The van der Waals surface area contributed by atoms with Crippen LogP contribution in [-0.4, -0.2) is 36.3 Å². The molecule has 0 bridgehead atoms. The Labute approximate surface area is 162 Å². The van der Waals surface area contributed by atoms with Crippen LogP contribution < -0.4 is 4.74 Å². The lowest BCUT2D eigenvalue weighted by Crippen LogP contribution is -2.30. The molecule has 1 unspecified atom stereocenters. The number of fused-ring (bicyclic) bond motifs is 2. The minimum atomic E-state index is -1.81. The smallest absolute Gasteiger partial charge is 0.466 e. The van der Waals surface area contributed by atoms with Gasteiger partial charge in [-0.15, -0.1) is 0 Å². The molecule has 1 aromatic heterocycles. The highest BCUT2D eigenvalue weighted by Gasteiger charge is 2.33. The first-order valence-electron chi connectivity index (χ1n) is 9.34. The van der Waals surface area contributed by atoms with Gasteiger partial charge in [-0.2, -0.15) is 0 Å². The van der Waals surface area contributed by atoms with Crippen molar-refractivity contribution < 1.29 is 28.7 Å². The van der Waals surface area contributed by atoms with E-state index in [1.54, 1.807) is 6.26 Å². The summed E-state index contributed by atoms with van der Waals surface area (Å²) in [6, 6.07) is 13.4. The van der Waals surface area contributed by atoms with Crippen molar-refractivity contribution in [2.75, 3.05) is 13.2 Å². The first-order chi connectivity index (χ1) is 13.6. The Morgan fingerprint density at radius 1 is 1.21 bits per heavy atom. The summed E-state index contributed by atoms with van der Waals surface area (Å²) in [4.78, 5) is 12.4. The van der Waals surface area contributed by atoms with E-state index in [0.29, 0.717) is 18.6 Å². The third-order valence-corrected chi connectivity index (χ3v) is 5.05. The molecule has 1 aliphatic heterocycles. The maximum atomic E-state index is 12.4. The van der Waals surface area contributed by atoms with Gasteiger partial charge >= 0.3 is 13.1 Å². The van der Waals surface area contributed by atoms with E-state index in [4.69, 9.17) is 13.9 Å². The number of para-hydroxylation sites is 1. The average molecular weight is 380 g/mol. The second kappa shape index (κ2) is 8.08. The van der Waals surface area contributed by atoms with Gasteiger partial charge in [0.25, 0.3) is 0 Å². The summed E-state index contributed by atoms with van der Waals surface area (Å²) in [5.41, 5.74) is 3.65. The van der Waals surface area contributed by atoms with Gasteiger partial charge in [-0.1, -0.05) is 30.3 Å². The average Bonchev–Trinajstić information content (AvgIpc) is 3.32. The van der Waals surface area contributed by atoms with Crippen LogP contribution in [-0.2, 0) is 28.8 Å². The third kappa shape index (κ3) is 3.91. The largest absolute Gasteiger partial charge is 0.493 e. The minimum absolute atomic E-state index is 0.129. The van der Waals surface area contributed by atoms with E-state index in [-0.39, 0.29) is 13.0 Å². The molecule has 2 aromatic carbocycles. The summed E-state index contributed by atoms with van der Waals surface area (Å²) in [6.07, 6.45) is 3.12. The molecule has 144 valence electrons. The van der Waals surface area contributed by atoms with Crippen molar-refractivity contribution in [2.24, 2.45) is 0 Å². The Kier molecular flexibility index (Phi) is 5.37. The van der Waals surface area contributed by atoms with Crippen LogP contribution in [0.5, 0.6) is 5.75 Å². The SMILES string of the molecule is O=C(OCCc1ccc2c(c1)CCO2)C(Cc1coc2ccccc12)B(O)O. The predicted octanol–water partition coefficient (Wildman–Crippen LogP) is 2.54. The number of hydrogen-bond donors (Lipinski definition) is 2. The fourth-order valence-electron chi connectivity index (χ4n) is 3.51. The quantitative estimate of drug-likeness (QED) is 0.484. The molecule has 0 fully saturated rings. The van der Waals surface area contributed by atoms with Crippen molar-refractivity contribution in [3.63, 3.8) is 0 Å². The van der Waals surface area contributed by atoms with Gasteiger partial charge in [-0.05, 0) is 35.2 Å².